The summed E-state index contributed by atoms with van der Waals surface area (Å²) in [5, 5.41) is 3.39. The molecule has 0 spiro atoms. The van der Waals surface area contributed by atoms with Gasteiger partial charge in [-0.3, -0.25) is 0 Å². The first-order valence-corrected chi connectivity index (χ1v) is 7.15. The topological polar surface area (TPSA) is 33.7 Å². The standard InChI is InChI=1S/C15H22N2O2/c1-12(11-17-6-4-16-5-7-17)13-2-3-14-15(10-13)19-9-8-18-14/h2-3,10,12,16H,4-9,11H2,1H3. The zero-order valence-corrected chi connectivity index (χ0v) is 11.5. The van der Waals surface area contributed by atoms with Crippen LogP contribution in [0.15, 0.2) is 18.2 Å². The van der Waals surface area contributed by atoms with Crippen molar-refractivity contribution >= 4 is 0 Å². The van der Waals surface area contributed by atoms with Gasteiger partial charge in [0.2, 0.25) is 0 Å². The van der Waals surface area contributed by atoms with E-state index in [0.717, 1.165) is 44.2 Å². The van der Waals surface area contributed by atoms with E-state index in [9.17, 15) is 0 Å². The second-order valence-electron chi connectivity index (χ2n) is 5.35. The molecule has 2 aliphatic rings. The number of hydrogen-bond acceptors (Lipinski definition) is 4. The molecule has 0 amide bonds. The van der Waals surface area contributed by atoms with Gasteiger partial charge in [-0.1, -0.05) is 13.0 Å². The van der Waals surface area contributed by atoms with Crippen molar-refractivity contribution in [3.63, 3.8) is 0 Å². The number of nitrogens with one attached hydrogen (secondary N) is 1. The van der Waals surface area contributed by atoms with Gasteiger partial charge in [0.25, 0.3) is 0 Å². The maximum Gasteiger partial charge on any atom is 0.161 e. The van der Waals surface area contributed by atoms with Crippen LogP contribution < -0.4 is 14.8 Å². The van der Waals surface area contributed by atoms with Crippen LogP contribution in [-0.4, -0.2) is 50.8 Å². The van der Waals surface area contributed by atoms with Crippen LogP contribution in [-0.2, 0) is 0 Å². The molecule has 0 radical (unpaired) electrons. The van der Waals surface area contributed by atoms with E-state index in [4.69, 9.17) is 9.47 Å². The Labute approximate surface area is 114 Å². The molecular formula is C15H22N2O2. The van der Waals surface area contributed by atoms with Gasteiger partial charge in [-0.25, -0.2) is 0 Å². The smallest absolute Gasteiger partial charge is 0.161 e. The van der Waals surface area contributed by atoms with Crippen molar-refractivity contribution in [1.82, 2.24) is 10.2 Å². The summed E-state index contributed by atoms with van der Waals surface area (Å²) in [6, 6.07) is 6.35. The largest absolute Gasteiger partial charge is 0.486 e. The van der Waals surface area contributed by atoms with E-state index in [1.54, 1.807) is 0 Å². The van der Waals surface area contributed by atoms with Gasteiger partial charge < -0.3 is 19.7 Å². The average Bonchev–Trinajstić information content (AvgIpc) is 2.48. The van der Waals surface area contributed by atoms with E-state index in [2.05, 4.69) is 29.3 Å². The van der Waals surface area contributed by atoms with Gasteiger partial charge in [0, 0.05) is 32.7 Å². The number of piperazine rings is 1. The lowest BCUT2D eigenvalue weighted by atomic mass is 9.99. The molecule has 1 aromatic carbocycles. The highest BCUT2D eigenvalue weighted by Crippen LogP contribution is 2.33. The number of ether oxygens (including phenoxy) is 2. The number of fused-ring (bicyclic) bond motifs is 1. The molecule has 19 heavy (non-hydrogen) atoms. The van der Waals surface area contributed by atoms with Crippen LogP contribution in [0.2, 0.25) is 0 Å². The van der Waals surface area contributed by atoms with Crippen LogP contribution in [0.5, 0.6) is 11.5 Å². The van der Waals surface area contributed by atoms with Crippen LogP contribution in [0.1, 0.15) is 18.4 Å². The van der Waals surface area contributed by atoms with Gasteiger partial charge in [0.05, 0.1) is 0 Å². The summed E-state index contributed by atoms with van der Waals surface area (Å²) in [6.45, 7) is 9.21. The zero-order chi connectivity index (χ0) is 13.1. The molecule has 1 aromatic rings. The van der Waals surface area contributed by atoms with Gasteiger partial charge in [-0.15, -0.1) is 0 Å². The van der Waals surface area contributed by atoms with E-state index in [-0.39, 0.29) is 0 Å². The highest BCUT2D eigenvalue weighted by Gasteiger charge is 2.17. The Morgan fingerprint density at radius 2 is 1.89 bits per heavy atom. The van der Waals surface area contributed by atoms with Gasteiger partial charge >= 0.3 is 0 Å². The van der Waals surface area contributed by atoms with Crippen molar-refractivity contribution in [2.75, 3.05) is 45.9 Å². The number of hydrogen-bond donors (Lipinski definition) is 1. The predicted octanol–water partition coefficient (Wildman–Crippen LogP) is 1.47. The molecule has 1 N–H and O–H groups in total. The first kappa shape index (κ1) is 12.8. The fourth-order valence-corrected chi connectivity index (χ4v) is 2.75. The monoisotopic (exact) mass is 262 g/mol. The van der Waals surface area contributed by atoms with Crippen molar-refractivity contribution in [1.29, 1.82) is 0 Å². The lowest BCUT2D eigenvalue weighted by Crippen LogP contribution is -2.44. The first-order chi connectivity index (χ1) is 9.33. The molecule has 1 unspecified atom stereocenters. The molecule has 3 rings (SSSR count). The van der Waals surface area contributed by atoms with Crippen LogP contribution in [0.25, 0.3) is 0 Å². The molecule has 104 valence electrons. The molecule has 2 heterocycles. The van der Waals surface area contributed by atoms with E-state index >= 15 is 0 Å². The summed E-state index contributed by atoms with van der Waals surface area (Å²) in [5.41, 5.74) is 1.34. The minimum atomic E-state index is 0.522. The summed E-state index contributed by atoms with van der Waals surface area (Å²) in [4.78, 5) is 2.53. The Bertz CT molecular complexity index is 430. The second-order valence-corrected chi connectivity index (χ2v) is 5.35. The Morgan fingerprint density at radius 3 is 2.68 bits per heavy atom. The summed E-state index contributed by atoms with van der Waals surface area (Å²) >= 11 is 0. The Kier molecular flexibility index (Phi) is 3.89. The lowest BCUT2D eigenvalue weighted by molar-refractivity contribution is 0.171. The van der Waals surface area contributed by atoms with Gasteiger partial charge in [0.15, 0.2) is 11.5 Å². The van der Waals surface area contributed by atoms with Gasteiger partial charge in [-0.2, -0.15) is 0 Å². The first-order valence-electron chi connectivity index (χ1n) is 7.15. The highest BCUT2D eigenvalue weighted by atomic mass is 16.6. The lowest BCUT2D eigenvalue weighted by Gasteiger charge is -2.30. The number of benzene rings is 1. The van der Waals surface area contributed by atoms with Crippen molar-refractivity contribution < 1.29 is 9.47 Å². The normalized spacial score (nSPS) is 21.1. The van der Waals surface area contributed by atoms with E-state index < -0.39 is 0 Å². The number of rotatable bonds is 3. The SMILES string of the molecule is CC(CN1CCNCC1)c1ccc2c(c1)OCCO2. The summed E-state index contributed by atoms with van der Waals surface area (Å²) in [6.07, 6.45) is 0. The molecule has 1 fully saturated rings. The minimum absolute atomic E-state index is 0.522. The van der Waals surface area contributed by atoms with Crippen LogP contribution >= 0.6 is 0 Å². The molecule has 0 aromatic heterocycles. The van der Waals surface area contributed by atoms with Crippen molar-refractivity contribution in [3.8, 4) is 11.5 Å². The fourth-order valence-electron chi connectivity index (χ4n) is 2.75. The second kappa shape index (κ2) is 5.80. The van der Waals surface area contributed by atoms with E-state index in [0.29, 0.717) is 19.1 Å². The Hall–Kier alpha value is -1.26. The quantitative estimate of drug-likeness (QED) is 0.894. The molecule has 4 heteroatoms. The molecular weight excluding hydrogens is 240 g/mol. The third-order valence-corrected chi connectivity index (χ3v) is 3.88. The van der Waals surface area contributed by atoms with Crippen molar-refractivity contribution in [2.24, 2.45) is 0 Å². The average molecular weight is 262 g/mol. The Balaban J connectivity index is 1.67. The summed E-state index contributed by atoms with van der Waals surface area (Å²) in [7, 11) is 0. The summed E-state index contributed by atoms with van der Waals surface area (Å²) in [5.74, 6) is 2.30. The maximum atomic E-state index is 5.66. The van der Waals surface area contributed by atoms with Crippen LogP contribution in [0.4, 0.5) is 0 Å². The maximum absolute atomic E-state index is 5.66. The third kappa shape index (κ3) is 3.01. The van der Waals surface area contributed by atoms with E-state index in [1.165, 1.54) is 5.56 Å². The molecule has 1 atom stereocenters. The molecule has 0 bridgehead atoms. The zero-order valence-electron chi connectivity index (χ0n) is 11.5. The highest BCUT2D eigenvalue weighted by molar-refractivity contribution is 5.44. The number of nitrogens with zero attached hydrogens (tertiary/aromatic N) is 1. The van der Waals surface area contributed by atoms with Gasteiger partial charge in [-0.05, 0) is 23.6 Å². The molecule has 1 saturated heterocycles. The Morgan fingerprint density at radius 1 is 1.16 bits per heavy atom. The van der Waals surface area contributed by atoms with Crippen molar-refractivity contribution in [2.45, 2.75) is 12.8 Å². The third-order valence-electron chi connectivity index (χ3n) is 3.88. The van der Waals surface area contributed by atoms with Crippen LogP contribution in [0, 0.1) is 0 Å². The molecule has 4 nitrogen and oxygen atoms in total. The van der Waals surface area contributed by atoms with Gasteiger partial charge in [0.1, 0.15) is 13.2 Å². The molecule has 2 aliphatic heterocycles. The summed E-state index contributed by atoms with van der Waals surface area (Å²) < 4.78 is 11.2. The van der Waals surface area contributed by atoms with Crippen LogP contribution in [0.3, 0.4) is 0 Å². The minimum Gasteiger partial charge on any atom is -0.486 e. The van der Waals surface area contributed by atoms with E-state index in [1.807, 2.05) is 6.07 Å². The molecule has 0 aliphatic carbocycles. The predicted molar refractivity (Wildman–Crippen MR) is 75.2 cm³/mol. The fraction of sp³-hybridized carbons (Fsp3) is 0.600. The van der Waals surface area contributed by atoms with Crippen molar-refractivity contribution in [3.05, 3.63) is 23.8 Å². The molecule has 0 saturated carbocycles.